The zero-order chi connectivity index (χ0) is 23.5. The average molecular weight is 465 g/mol. The Balaban J connectivity index is 1.29. The number of anilines is 3. The third-order valence-electron chi connectivity index (χ3n) is 6.88. The Morgan fingerprint density at radius 3 is 2.82 bits per heavy atom. The lowest BCUT2D eigenvalue weighted by Gasteiger charge is -2.36. The third-order valence-corrected chi connectivity index (χ3v) is 6.88. The first-order valence-electron chi connectivity index (χ1n) is 12.1. The van der Waals surface area contributed by atoms with Crippen LogP contribution in [0.1, 0.15) is 23.2 Å². The summed E-state index contributed by atoms with van der Waals surface area (Å²) in [5, 5.41) is 6.47. The molecule has 0 saturated carbocycles. The number of hydrogen-bond acceptors (Lipinski definition) is 6. The molecule has 1 aromatic heterocycles. The minimum atomic E-state index is -0.274. The molecule has 3 aliphatic rings. The first-order valence-corrected chi connectivity index (χ1v) is 12.1. The van der Waals surface area contributed by atoms with Crippen molar-refractivity contribution in [2.75, 3.05) is 63.1 Å². The van der Waals surface area contributed by atoms with Gasteiger partial charge in [-0.15, -0.1) is 0 Å². The van der Waals surface area contributed by atoms with E-state index in [4.69, 9.17) is 4.74 Å². The molecule has 1 aromatic carbocycles. The summed E-state index contributed by atoms with van der Waals surface area (Å²) in [6.07, 6.45) is 3.96. The van der Waals surface area contributed by atoms with Crippen LogP contribution in [0.5, 0.6) is 0 Å². The molecule has 9 nitrogen and oxygen atoms in total. The molecule has 3 aliphatic heterocycles. The van der Waals surface area contributed by atoms with Crippen molar-refractivity contribution in [3.63, 3.8) is 0 Å². The smallest absolute Gasteiger partial charge is 0.330 e. The zero-order valence-electron chi connectivity index (χ0n) is 19.6. The number of amides is 3. The monoisotopic (exact) mass is 464 g/mol. The Bertz CT molecular complexity index is 1040. The predicted molar refractivity (Wildman–Crippen MR) is 131 cm³/mol. The number of pyridine rings is 1. The Hall–Kier alpha value is -3.01. The van der Waals surface area contributed by atoms with Crippen LogP contribution < -0.4 is 15.5 Å². The number of nitrogens with one attached hydrogen (secondary N) is 2. The number of urea groups is 1. The highest BCUT2D eigenvalue weighted by Gasteiger charge is 2.35. The molecule has 0 aliphatic carbocycles. The van der Waals surface area contributed by atoms with Gasteiger partial charge in [-0.3, -0.25) is 4.79 Å². The Morgan fingerprint density at radius 2 is 1.97 bits per heavy atom. The molecule has 0 spiro atoms. The molecule has 180 valence electrons. The number of morpholine rings is 1. The van der Waals surface area contributed by atoms with Gasteiger partial charge in [0.25, 0.3) is 5.91 Å². The number of benzene rings is 1. The SMILES string of the molecule is CN1CCC(CNCC2CN(C(=O)N3c4ccccc4NC(=O)c4cccnc43)CCO2)CC1. The molecule has 9 heteroatoms. The Kier molecular flexibility index (Phi) is 6.75. The zero-order valence-corrected chi connectivity index (χ0v) is 19.6. The van der Waals surface area contributed by atoms with Crippen molar-refractivity contribution in [2.24, 2.45) is 5.92 Å². The molecule has 2 saturated heterocycles. The van der Waals surface area contributed by atoms with E-state index >= 15 is 0 Å². The first-order chi connectivity index (χ1) is 16.6. The Morgan fingerprint density at radius 1 is 1.15 bits per heavy atom. The van der Waals surface area contributed by atoms with Crippen LogP contribution >= 0.6 is 0 Å². The maximum Gasteiger partial charge on any atom is 0.330 e. The van der Waals surface area contributed by atoms with E-state index in [0.29, 0.717) is 54.9 Å². The number of rotatable bonds is 4. The molecule has 4 heterocycles. The quantitative estimate of drug-likeness (QED) is 0.723. The largest absolute Gasteiger partial charge is 0.373 e. The van der Waals surface area contributed by atoms with Crippen LogP contribution in [0.2, 0.25) is 0 Å². The number of nitrogens with zero attached hydrogens (tertiary/aromatic N) is 4. The first kappa shape index (κ1) is 22.8. The van der Waals surface area contributed by atoms with Crippen molar-refractivity contribution in [1.82, 2.24) is 20.1 Å². The van der Waals surface area contributed by atoms with Crippen LogP contribution in [0.3, 0.4) is 0 Å². The van der Waals surface area contributed by atoms with Gasteiger partial charge in [0.15, 0.2) is 5.82 Å². The topological polar surface area (TPSA) is 90.0 Å². The fourth-order valence-corrected chi connectivity index (χ4v) is 4.90. The maximum atomic E-state index is 13.8. The molecule has 2 aromatic rings. The summed E-state index contributed by atoms with van der Waals surface area (Å²) in [5.41, 5.74) is 1.57. The molecular weight excluding hydrogens is 432 g/mol. The van der Waals surface area contributed by atoms with Gasteiger partial charge in [0.05, 0.1) is 29.6 Å². The van der Waals surface area contributed by atoms with Gasteiger partial charge in [-0.25, -0.2) is 14.7 Å². The van der Waals surface area contributed by atoms with Gasteiger partial charge >= 0.3 is 6.03 Å². The van der Waals surface area contributed by atoms with Gasteiger partial charge in [-0.05, 0) is 69.7 Å². The van der Waals surface area contributed by atoms with E-state index < -0.39 is 0 Å². The van der Waals surface area contributed by atoms with Gasteiger partial charge in [0.2, 0.25) is 0 Å². The lowest BCUT2D eigenvalue weighted by Crippen LogP contribution is -2.52. The molecular formula is C25H32N6O3. The van der Waals surface area contributed by atoms with Crippen molar-refractivity contribution in [1.29, 1.82) is 0 Å². The normalized spacial score (nSPS) is 21.4. The lowest BCUT2D eigenvalue weighted by molar-refractivity contribution is -0.0121. The predicted octanol–water partition coefficient (Wildman–Crippen LogP) is 2.54. The van der Waals surface area contributed by atoms with Crippen molar-refractivity contribution in [3.8, 4) is 0 Å². The summed E-state index contributed by atoms with van der Waals surface area (Å²) in [7, 11) is 2.17. The van der Waals surface area contributed by atoms with E-state index in [2.05, 4.69) is 27.6 Å². The van der Waals surface area contributed by atoms with E-state index in [1.807, 2.05) is 18.2 Å². The van der Waals surface area contributed by atoms with Crippen LogP contribution in [-0.2, 0) is 4.74 Å². The van der Waals surface area contributed by atoms with Gasteiger partial charge in [-0.2, -0.15) is 0 Å². The number of ether oxygens (including phenoxy) is 1. The summed E-state index contributed by atoms with van der Waals surface area (Å²) in [6, 6.07) is 10.5. The standard InChI is InChI=1S/C25H32N6O3/c1-29-11-8-18(9-12-29)15-26-16-19-17-30(13-14-34-19)25(33)31-22-7-3-2-6-21(22)28-24(32)20-5-4-10-27-23(20)31/h2-7,10,18-19,26H,8-9,11-17H2,1H3,(H,28,32). The van der Waals surface area contributed by atoms with Gasteiger partial charge in [0, 0.05) is 25.8 Å². The molecule has 1 atom stereocenters. The van der Waals surface area contributed by atoms with Crippen LogP contribution in [0.25, 0.3) is 0 Å². The van der Waals surface area contributed by atoms with Crippen molar-refractivity contribution < 1.29 is 14.3 Å². The molecule has 1 unspecified atom stereocenters. The molecule has 2 fully saturated rings. The number of fused-ring (bicyclic) bond motifs is 2. The van der Waals surface area contributed by atoms with E-state index in [9.17, 15) is 9.59 Å². The number of piperidine rings is 1. The van der Waals surface area contributed by atoms with E-state index in [1.54, 1.807) is 34.2 Å². The highest BCUT2D eigenvalue weighted by Crippen LogP contribution is 2.37. The number of para-hydroxylation sites is 2. The highest BCUT2D eigenvalue weighted by molar-refractivity contribution is 6.16. The summed E-state index contributed by atoms with van der Waals surface area (Å²) in [4.78, 5) is 36.8. The Labute approximate surface area is 200 Å². The number of carbonyl (C=O) groups is 2. The van der Waals surface area contributed by atoms with Crippen LogP contribution in [0, 0.1) is 5.92 Å². The number of hydrogen-bond donors (Lipinski definition) is 2. The van der Waals surface area contributed by atoms with Gasteiger partial charge < -0.3 is 25.2 Å². The summed E-state index contributed by atoms with van der Waals surface area (Å²) >= 11 is 0. The van der Waals surface area contributed by atoms with Crippen molar-refractivity contribution in [2.45, 2.75) is 18.9 Å². The lowest BCUT2D eigenvalue weighted by atomic mass is 9.97. The fourth-order valence-electron chi connectivity index (χ4n) is 4.90. The van der Waals surface area contributed by atoms with Crippen LogP contribution in [0.15, 0.2) is 42.6 Å². The third kappa shape index (κ3) is 4.77. The van der Waals surface area contributed by atoms with Gasteiger partial charge in [-0.1, -0.05) is 12.1 Å². The fraction of sp³-hybridized carbons (Fsp3) is 0.480. The van der Waals surface area contributed by atoms with Crippen LogP contribution in [0.4, 0.5) is 22.0 Å². The van der Waals surface area contributed by atoms with Gasteiger partial charge in [0.1, 0.15) is 0 Å². The highest BCUT2D eigenvalue weighted by atomic mass is 16.5. The second-order valence-corrected chi connectivity index (χ2v) is 9.31. The van der Waals surface area contributed by atoms with Crippen molar-refractivity contribution >= 4 is 29.1 Å². The number of likely N-dealkylation sites (tertiary alicyclic amines) is 1. The molecule has 0 radical (unpaired) electrons. The molecule has 34 heavy (non-hydrogen) atoms. The average Bonchev–Trinajstić information content (AvgIpc) is 2.99. The molecule has 3 amide bonds. The van der Waals surface area contributed by atoms with Crippen molar-refractivity contribution in [3.05, 3.63) is 48.2 Å². The van der Waals surface area contributed by atoms with E-state index in [-0.39, 0.29) is 18.0 Å². The maximum absolute atomic E-state index is 13.8. The minimum absolute atomic E-state index is 0.0749. The van der Waals surface area contributed by atoms with E-state index in [1.165, 1.54) is 12.8 Å². The summed E-state index contributed by atoms with van der Waals surface area (Å²) in [5.74, 6) is 0.765. The molecule has 2 N–H and O–H groups in total. The molecule has 5 rings (SSSR count). The van der Waals surface area contributed by atoms with E-state index in [0.717, 1.165) is 19.6 Å². The minimum Gasteiger partial charge on any atom is -0.373 e. The second-order valence-electron chi connectivity index (χ2n) is 9.31. The second kappa shape index (κ2) is 10.1. The molecule has 0 bridgehead atoms. The summed E-state index contributed by atoms with van der Waals surface area (Å²) < 4.78 is 5.97. The van der Waals surface area contributed by atoms with Crippen LogP contribution in [-0.4, -0.2) is 85.7 Å². The number of carbonyl (C=O) groups excluding carboxylic acids is 2. The number of aromatic nitrogens is 1. The summed E-state index contributed by atoms with van der Waals surface area (Å²) in [6.45, 7) is 5.45.